The minimum absolute atomic E-state index is 0.0674. The number of benzene rings is 1. The van der Waals surface area contributed by atoms with E-state index in [0.717, 1.165) is 30.5 Å². The number of nitrogens with two attached hydrogens (primary N) is 1. The standard InChI is InChI=1S/C22H29F3N2/c1-14(13-26)8-10-18-15(2)19-12-17(22(23,24)25)9-11-20(19)27-21(18)16-6-4-3-5-7-16/h3-6,9,11-12,14-16,18,21,27H,7-8,10,13,26H2,1-2H3/t14-,15?,16?,18-,21+/m1/s1. The predicted molar refractivity (Wildman–Crippen MR) is 105 cm³/mol. The smallest absolute Gasteiger partial charge is 0.381 e. The van der Waals surface area contributed by atoms with E-state index in [1.807, 2.05) is 0 Å². The number of fused-ring (bicyclic) bond motifs is 1. The quantitative estimate of drug-likeness (QED) is 0.687. The second-order valence-electron chi connectivity index (χ2n) is 8.05. The van der Waals surface area contributed by atoms with E-state index in [1.54, 1.807) is 6.07 Å². The molecule has 1 aliphatic heterocycles. The van der Waals surface area contributed by atoms with E-state index in [9.17, 15) is 13.2 Å². The molecule has 5 heteroatoms. The minimum Gasteiger partial charge on any atom is -0.381 e. The summed E-state index contributed by atoms with van der Waals surface area (Å²) in [5.41, 5.74) is 6.84. The first kappa shape index (κ1) is 20.0. The molecule has 0 spiro atoms. The Balaban J connectivity index is 1.92. The molecule has 0 aromatic heterocycles. The zero-order chi connectivity index (χ0) is 19.6. The van der Waals surface area contributed by atoms with Crippen LogP contribution in [0.3, 0.4) is 0 Å². The second kappa shape index (κ2) is 8.09. The van der Waals surface area contributed by atoms with Gasteiger partial charge in [-0.3, -0.25) is 0 Å². The molecule has 0 saturated carbocycles. The van der Waals surface area contributed by atoms with Gasteiger partial charge >= 0.3 is 6.18 Å². The van der Waals surface area contributed by atoms with Gasteiger partial charge in [0, 0.05) is 17.6 Å². The first-order valence-electron chi connectivity index (χ1n) is 9.82. The van der Waals surface area contributed by atoms with Crippen molar-refractivity contribution in [1.29, 1.82) is 0 Å². The maximum Gasteiger partial charge on any atom is 0.416 e. The lowest BCUT2D eigenvalue weighted by Gasteiger charge is -2.43. The van der Waals surface area contributed by atoms with Crippen LogP contribution in [0.25, 0.3) is 0 Å². The van der Waals surface area contributed by atoms with Gasteiger partial charge in [-0.25, -0.2) is 0 Å². The van der Waals surface area contributed by atoms with Crippen LogP contribution in [0, 0.1) is 17.8 Å². The zero-order valence-electron chi connectivity index (χ0n) is 16.0. The number of anilines is 1. The summed E-state index contributed by atoms with van der Waals surface area (Å²) in [7, 11) is 0. The highest BCUT2D eigenvalue weighted by Crippen LogP contribution is 2.45. The van der Waals surface area contributed by atoms with Crippen molar-refractivity contribution in [3.63, 3.8) is 0 Å². The van der Waals surface area contributed by atoms with Crippen molar-refractivity contribution in [2.24, 2.45) is 23.5 Å². The van der Waals surface area contributed by atoms with Crippen LogP contribution in [-0.2, 0) is 6.18 Å². The Morgan fingerprint density at radius 2 is 2.04 bits per heavy atom. The van der Waals surface area contributed by atoms with Gasteiger partial charge in [0.25, 0.3) is 0 Å². The van der Waals surface area contributed by atoms with Crippen LogP contribution in [0.1, 0.15) is 50.2 Å². The van der Waals surface area contributed by atoms with E-state index in [4.69, 9.17) is 5.73 Å². The third-order valence-corrected chi connectivity index (χ3v) is 6.17. The molecule has 1 aliphatic carbocycles. The number of allylic oxidation sites excluding steroid dienone is 3. The molecule has 2 unspecified atom stereocenters. The van der Waals surface area contributed by atoms with Gasteiger partial charge in [-0.1, -0.05) is 38.2 Å². The fraction of sp³-hybridized carbons (Fsp3) is 0.545. The van der Waals surface area contributed by atoms with E-state index >= 15 is 0 Å². The highest BCUT2D eigenvalue weighted by Gasteiger charge is 2.39. The fourth-order valence-electron chi connectivity index (χ4n) is 4.39. The van der Waals surface area contributed by atoms with E-state index in [1.165, 1.54) is 12.1 Å². The van der Waals surface area contributed by atoms with Crippen molar-refractivity contribution in [1.82, 2.24) is 0 Å². The Kier molecular flexibility index (Phi) is 5.99. The molecule has 1 heterocycles. The molecule has 3 N–H and O–H groups in total. The normalized spacial score (nSPS) is 28.5. The van der Waals surface area contributed by atoms with Gasteiger partial charge in [0.15, 0.2) is 0 Å². The second-order valence-corrected chi connectivity index (χ2v) is 8.05. The first-order valence-corrected chi connectivity index (χ1v) is 9.82. The molecule has 0 radical (unpaired) electrons. The van der Waals surface area contributed by atoms with Crippen LogP contribution in [0.5, 0.6) is 0 Å². The topological polar surface area (TPSA) is 38.0 Å². The van der Waals surface area contributed by atoms with Gasteiger partial charge in [0.2, 0.25) is 0 Å². The Morgan fingerprint density at radius 1 is 1.26 bits per heavy atom. The number of alkyl halides is 3. The van der Waals surface area contributed by atoms with Gasteiger partial charge in [-0.2, -0.15) is 13.2 Å². The molecule has 2 aliphatic rings. The summed E-state index contributed by atoms with van der Waals surface area (Å²) in [6, 6.07) is 4.33. The molecule has 148 valence electrons. The SMILES string of the molecule is CC1c2cc(C(F)(F)F)ccc2N[C@@H](C2C=CC=CC2)[C@@H]1CC[C@@H](C)CN. The van der Waals surface area contributed by atoms with Gasteiger partial charge in [-0.15, -0.1) is 0 Å². The van der Waals surface area contributed by atoms with Crippen molar-refractivity contribution in [3.8, 4) is 0 Å². The van der Waals surface area contributed by atoms with Crippen molar-refractivity contribution in [3.05, 3.63) is 53.6 Å². The Bertz CT molecular complexity index is 708. The molecule has 27 heavy (non-hydrogen) atoms. The summed E-state index contributed by atoms with van der Waals surface area (Å²) < 4.78 is 39.6. The van der Waals surface area contributed by atoms with Crippen LogP contribution < -0.4 is 11.1 Å². The average molecular weight is 378 g/mol. The lowest BCUT2D eigenvalue weighted by Crippen LogP contribution is -2.42. The largest absolute Gasteiger partial charge is 0.416 e. The summed E-state index contributed by atoms with van der Waals surface area (Å²) in [4.78, 5) is 0. The molecule has 0 saturated heterocycles. The molecule has 1 aromatic carbocycles. The third kappa shape index (κ3) is 4.40. The lowest BCUT2D eigenvalue weighted by atomic mass is 9.70. The molecule has 0 amide bonds. The van der Waals surface area contributed by atoms with Gasteiger partial charge in [0.1, 0.15) is 0 Å². The summed E-state index contributed by atoms with van der Waals surface area (Å²) in [5, 5.41) is 3.58. The number of hydrogen-bond acceptors (Lipinski definition) is 2. The van der Waals surface area contributed by atoms with Crippen molar-refractivity contribution in [2.45, 2.75) is 51.2 Å². The Morgan fingerprint density at radius 3 is 2.67 bits per heavy atom. The van der Waals surface area contributed by atoms with Crippen LogP contribution in [0.4, 0.5) is 18.9 Å². The average Bonchev–Trinajstić information content (AvgIpc) is 2.66. The van der Waals surface area contributed by atoms with E-state index in [2.05, 4.69) is 43.5 Å². The van der Waals surface area contributed by atoms with Crippen LogP contribution >= 0.6 is 0 Å². The fourth-order valence-corrected chi connectivity index (χ4v) is 4.39. The summed E-state index contributed by atoms with van der Waals surface area (Å²) in [5.74, 6) is 1.11. The van der Waals surface area contributed by atoms with Crippen molar-refractivity contribution in [2.75, 3.05) is 11.9 Å². The van der Waals surface area contributed by atoms with Gasteiger partial charge in [-0.05, 0) is 67.3 Å². The molecule has 0 bridgehead atoms. The van der Waals surface area contributed by atoms with Crippen LogP contribution in [0.15, 0.2) is 42.5 Å². The predicted octanol–water partition coefficient (Wildman–Crippen LogP) is 5.73. The van der Waals surface area contributed by atoms with Crippen LogP contribution in [-0.4, -0.2) is 12.6 Å². The first-order chi connectivity index (χ1) is 12.8. The zero-order valence-corrected chi connectivity index (χ0v) is 16.0. The third-order valence-electron chi connectivity index (χ3n) is 6.17. The molecule has 1 aromatic rings. The Labute approximate surface area is 159 Å². The monoisotopic (exact) mass is 378 g/mol. The summed E-state index contributed by atoms with van der Waals surface area (Å²) in [6.07, 6.45) is 7.11. The molecule has 3 rings (SSSR count). The molecule has 5 atom stereocenters. The number of rotatable bonds is 5. The number of hydrogen-bond donors (Lipinski definition) is 2. The molecule has 0 fully saturated rings. The molecular formula is C22H29F3N2. The van der Waals surface area contributed by atoms with Crippen molar-refractivity contribution < 1.29 is 13.2 Å². The minimum atomic E-state index is -4.31. The van der Waals surface area contributed by atoms with Crippen molar-refractivity contribution >= 4 is 5.69 Å². The number of halogens is 3. The van der Waals surface area contributed by atoms with E-state index in [0.29, 0.717) is 18.4 Å². The van der Waals surface area contributed by atoms with E-state index < -0.39 is 11.7 Å². The van der Waals surface area contributed by atoms with Crippen LogP contribution in [0.2, 0.25) is 0 Å². The highest BCUT2D eigenvalue weighted by atomic mass is 19.4. The highest BCUT2D eigenvalue weighted by molar-refractivity contribution is 5.58. The van der Waals surface area contributed by atoms with E-state index in [-0.39, 0.29) is 17.9 Å². The number of nitrogens with one attached hydrogen (secondary N) is 1. The van der Waals surface area contributed by atoms with Gasteiger partial charge in [0.05, 0.1) is 5.56 Å². The Hall–Kier alpha value is -1.75. The maximum atomic E-state index is 13.2. The lowest BCUT2D eigenvalue weighted by molar-refractivity contribution is -0.137. The summed E-state index contributed by atoms with van der Waals surface area (Å²) >= 11 is 0. The summed E-state index contributed by atoms with van der Waals surface area (Å²) in [6.45, 7) is 4.85. The maximum absolute atomic E-state index is 13.2. The molecular weight excluding hydrogens is 349 g/mol. The van der Waals surface area contributed by atoms with Gasteiger partial charge < -0.3 is 11.1 Å². The molecule has 2 nitrogen and oxygen atoms in total.